The second-order valence-electron chi connectivity index (χ2n) is 6.02. The molecule has 2 rings (SSSR count). The highest BCUT2D eigenvalue weighted by atomic mass is 32.2. The first-order valence-electron chi connectivity index (χ1n) is 7.60. The van der Waals surface area contributed by atoms with Crippen molar-refractivity contribution in [2.24, 2.45) is 5.92 Å². The van der Waals surface area contributed by atoms with Crippen LogP contribution in [0.15, 0.2) is 18.2 Å². The Kier molecular flexibility index (Phi) is 5.63. The van der Waals surface area contributed by atoms with E-state index in [9.17, 15) is 8.42 Å². The molecule has 0 saturated carbocycles. The van der Waals surface area contributed by atoms with E-state index in [4.69, 9.17) is 10.00 Å². The molecule has 1 aliphatic rings. The predicted molar refractivity (Wildman–Crippen MR) is 88.5 cm³/mol. The summed E-state index contributed by atoms with van der Waals surface area (Å²) in [5.41, 5.74) is 1.53. The molecule has 23 heavy (non-hydrogen) atoms. The lowest BCUT2D eigenvalue weighted by molar-refractivity contribution is 0.220. The van der Waals surface area contributed by atoms with Gasteiger partial charge in [-0.05, 0) is 30.0 Å². The molecule has 1 saturated heterocycles. The van der Waals surface area contributed by atoms with Gasteiger partial charge in [-0.15, -0.1) is 0 Å². The van der Waals surface area contributed by atoms with E-state index >= 15 is 0 Å². The van der Waals surface area contributed by atoms with Crippen molar-refractivity contribution in [3.05, 3.63) is 29.3 Å². The van der Waals surface area contributed by atoms with Gasteiger partial charge in [0.2, 0.25) is 10.0 Å². The molecule has 1 aliphatic heterocycles. The number of methoxy groups -OCH3 is 1. The summed E-state index contributed by atoms with van der Waals surface area (Å²) in [7, 11) is -1.56. The number of sulfonamides is 1. The normalized spacial score (nSPS) is 22.5. The molecule has 0 unspecified atom stereocenters. The van der Waals surface area contributed by atoms with Crippen molar-refractivity contribution in [3.8, 4) is 11.8 Å². The highest BCUT2D eigenvalue weighted by Crippen LogP contribution is 2.21. The van der Waals surface area contributed by atoms with Gasteiger partial charge < -0.3 is 10.1 Å². The molecule has 1 N–H and O–H groups in total. The van der Waals surface area contributed by atoms with Gasteiger partial charge in [0.25, 0.3) is 0 Å². The van der Waals surface area contributed by atoms with Crippen LogP contribution in [0.3, 0.4) is 0 Å². The molecule has 1 fully saturated rings. The molecular formula is C16H23N3O3S. The minimum absolute atomic E-state index is 0.243. The number of benzene rings is 1. The highest BCUT2D eigenvalue weighted by Gasteiger charge is 2.29. The molecule has 126 valence electrons. The summed E-state index contributed by atoms with van der Waals surface area (Å²) in [6.45, 7) is 3.80. The van der Waals surface area contributed by atoms with Crippen LogP contribution in [-0.2, 0) is 16.6 Å². The Morgan fingerprint density at radius 1 is 1.48 bits per heavy atom. The molecule has 7 heteroatoms. The van der Waals surface area contributed by atoms with Gasteiger partial charge in [-0.1, -0.05) is 13.0 Å². The third kappa shape index (κ3) is 4.44. The van der Waals surface area contributed by atoms with Crippen LogP contribution in [0.1, 0.15) is 24.5 Å². The predicted octanol–water partition coefficient (Wildman–Crippen LogP) is 1.33. The van der Waals surface area contributed by atoms with Crippen LogP contribution in [0.25, 0.3) is 0 Å². The zero-order valence-electron chi connectivity index (χ0n) is 13.7. The number of ether oxygens (including phenoxy) is 1. The minimum Gasteiger partial charge on any atom is -0.495 e. The van der Waals surface area contributed by atoms with Crippen LogP contribution in [0.2, 0.25) is 0 Å². The monoisotopic (exact) mass is 337 g/mol. The molecule has 0 amide bonds. The summed E-state index contributed by atoms with van der Waals surface area (Å²) in [5.74, 6) is 0.818. The van der Waals surface area contributed by atoms with Crippen LogP contribution in [0, 0.1) is 17.2 Å². The minimum atomic E-state index is -3.11. The van der Waals surface area contributed by atoms with E-state index in [1.54, 1.807) is 13.2 Å². The van der Waals surface area contributed by atoms with Gasteiger partial charge in [-0.3, -0.25) is 0 Å². The molecule has 1 aromatic rings. The van der Waals surface area contributed by atoms with Crippen LogP contribution in [0.5, 0.6) is 5.75 Å². The van der Waals surface area contributed by atoms with Gasteiger partial charge in [0.15, 0.2) is 0 Å². The van der Waals surface area contributed by atoms with E-state index in [0.717, 1.165) is 12.0 Å². The van der Waals surface area contributed by atoms with E-state index in [2.05, 4.69) is 18.3 Å². The van der Waals surface area contributed by atoms with Gasteiger partial charge >= 0.3 is 0 Å². The van der Waals surface area contributed by atoms with Crippen LogP contribution in [0.4, 0.5) is 0 Å². The van der Waals surface area contributed by atoms with Crippen molar-refractivity contribution < 1.29 is 13.2 Å². The lowest BCUT2D eigenvalue weighted by Gasteiger charge is -2.36. The second kappa shape index (κ2) is 7.30. The maximum atomic E-state index is 11.6. The summed E-state index contributed by atoms with van der Waals surface area (Å²) in [6.07, 6.45) is 2.05. The molecule has 6 nitrogen and oxygen atoms in total. The van der Waals surface area contributed by atoms with Crippen molar-refractivity contribution in [1.82, 2.24) is 9.62 Å². The first-order chi connectivity index (χ1) is 10.8. The zero-order chi connectivity index (χ0) is 17.0. The summed E-state index contributed by atoms with van der Waals surface area (Å²) < 4.78 is 29.9. The standard InChI is InChI=1S/C16H23N3O3S/c1-12-11-19(23(3,20)21)7-6-15(12)18-10-13-4-5-16(22-2)14(8-13)9-17/h4-5,8,12,15,18H,6-7,10-11H2,1-3H3/t12-,15-/m0/s1. The second-order valence-corrected chi connectivity index (χ2v) is 8.00. The van der Waals surface area contributed by atoms with Crippen molar-refractivity contribution in [2.75, 3.05) is 26.5 Å². The fourth-order valence-electron chi connectivity index (χ4n) is 2.91. The first-order valence-corrected chi connectivity index (χ1v) is 9.45. The summed E-state index contributed by atoms with van der Waals surface area (Å²) >= 11 is 0. The van der Waals surface area contributed by atoms with Gasteiger partial charge in [-0.2, -0.15) is 5.26 Å². The van der Waals surface area contributed by atoms with E-state index in [0.29, 0.717) is 30.9 Å². The van der Waals surface area contributed by atoms with Gasteiger partial charge in [0.05, 0.1) is 18.9 Å². The number of nitrogens with zero attached hydrogens (tertiary/aromatic N) is 2. The maximum absolute atomic E-state index is 11.6. The number of hydrogen-bond donors (Lipinski definition) is 1. The Hall–Kier alpha value is -1.62. The number of nitrogens with one attached hydrogen (secondary N) is 1. The van der Waals surface area contributed by atoms with Crippen molar-refractivity contribution in [2.45, 2.75) is 25.9 Å². The zero-order valence-corrected chi connectivity index (χ0v) is 14.6. The summed E-state index contributed by atoms with van der Waals surface area (Å²) in [6, 6.07) is 7.95. The third-order valence-electron chi connectivity index (χ3n) is 4.29. The topological polar surface area (TPSA) is 82.4 Å². The van der Waals surface area contributed by atoms with Crippen LogP contribution in [-0.4, -0.2) is 45.2 Å². The fraction of sp³-hybridized carbons (Fsp3) is 0.562. The SMILES string of the molecule is COc1ccc(CN[C@H]2CCN(S(C)(=O)=O)C[C@@H]2C)cc1C#N. The van der Waals surface area contributed by atoms with Gasteiger partial charge in [0, 0.05) is 25.7 Å². The average molecular weight is 337 g/mol. The molecule has 1 aromatic carbocycles. The molecule has 1 heterocycles. The van der Waals surface area contributed by atoms with E-state index in [1.807, 2.05) is 12.1 Å². The molecular weight excluding hydrogens is 314 g/mol. The third-order valence-corrected chi connectivity index (χ3v) is 5.56. The van der Waals surface area contributed by atoms with Gasteiger partial charge in [-0.25, -0.2) is 12.7 Å². The molecule has 0 spiro atoms. The lowest BCUT2D eigenvalue weighted by Crippen LogP contribution is -2.49. The number of rotatable bonds is 5. The molecule has 2 atom stereocenters. The van der Waals surface area contributed by atoms with Crippen molar-refractivity contribution in [3.63, 3.8) is 0 Å². The van der Waals surface area contributed by atoms with Gasteiger partial charge in [0.1, 0.15) is 11.8 Å². The lowest BCUT2D eigenvalue weighted by atomic mass is 9.95. The largest absolute Gasteiger partial charge is 0.495 e. The molecule has 0 aromatic heterocycles. The van der Waals surface area contributed by atoms with Crippen LogP contribution >= 0.6 is 0 Å². The maximum Gasteiger partial charge on any atom is 0.211 e. The molecule has 0 aliphatic carbocycles. The fourth-order valence-corrected chi connectivity index (χ4v) is 3.86. The Morgan fingerprint density at radius 2 is 2.22 bits per heavy atom. The van der Waals surface area contributed by atoms with Crippen molar-refractivity contribution >= 4 is 10.0 Å². The quantitative estimate of drug-likeness (QED) is 0.876. The molecule has 0 bridgehead atoms. The Labute approximate surface area is 138 Å². The average Bonchev–Trinajstić information content (AvgIpc) is 2.52. The van der Waals surface area contributed by atoms with Crippen molar-refractivity contribution in [1.29, 1.82) is 5.26 Å². The summed E-state index contributed by atoms with van der Waals surface area (Å²) in [5, 5.41) is 12.6. The summed E-state index contributed by atoms with van der Waals surface area (Å²) in [4.78, 5) is 0. The first kappa shape index (κ1) is 17.7. The number of nitriles is 1. The Bertz CT molecular complexity index is 697. The smallest absolute Gasteiger partial charge is 0.211 e. The number of hydrogen-bond acceptors (Lipinski definition) is 5. The number of piperidine rings is 1. The Morgan fingerprint density at radius 3 is 2.78 bits per heavy atom. The highest BCUT2D eigenvalue weighted by molar-refractivity contribution is 7.88. The van der Waals surface area contributed by atoms with E-state index in [-0.39, 0.29) is 12.0 Å². The Balaban J connectivity index is 1.96. The van der Waals surface area contributed by atoms with E-state index < -0.39 is 10.0 Å². The van der Waals surface area contributed by atoms with Crippen LogP contribution < -0.4 is 10.1 Å². The molecule has 0 radical (unpaired) electrons. The van der Waals surface area contributed by atoms with E-state index in [1.165, 1.54) is 10.6 Å².